The molecule has 0 rings (SSSR count). The zero-order valence-electron chi connectivity index (χ0n) is 24.2. The van der Waals surface area contributed by atoms with Crippen molar-refractivity contribution in [2.24, 2.45) is 23.2 Å². The molecule has 0 bridgehead atoms. The molecule has 0 aliphatic carbocycles. The van der Waals surface area contributed by atoms with E-state index in [2.05, 4.69) is 39.8 Å². The number of allylic oxidation sites excluding steroid dienone is 2. The largest absolute Gasteiger partial charge is 0.481 e. The highest BCUT2D eigenvalue weighted by molar-refractivity contribution is 5.74. The van der Waals surface area contributed by atoms with Gasteiger partial charge < -0.3 is 5.11 Å². The Morgan fingerprint density at radius 2 is 1.18 bits per heavy atom. The zero-order valence-corrected chi connectivity index (χ0v) is 24.2. The summed E-state index contributed by atoms with van der Waals surface area (Å²) in [5.74, 6) is 1.32. The third-order valence-corrected chi connectivity index (χ3v) is 7.91. The minimum absolute atomic E-state index is 0.480. The summed E-state index contributed by atoms with van der Waals surface area (Å²) in [6.45, 7) is 13.2. The Bertz CT molecular complexity index is 497. The number of rotatable bonds is 24. The summed E-state index contributed by atoms with van der Waals surface area (Å²) in [6, 6.07) is 0. The molecular weight excluding hydrogens is 416 g/mol. The summed E-state index contributed by atoms with van der Waals surface area (Å²) in [5.41, 5.74) is -0.561. The Hall–Kier alpha value is -0.790. The third-order valence-electron chi connectivity index (χ3n) is 7.91. The quantitative estimate of drug-likeness (QED) is 0.111. The van der Waals surface area contributed by atoms with Gasteiger partial charge in [-0.2, -0.15) is 0 Å². The smallest absolute Gasteiger partial charge is 0.309 e. The zero-order chi connectivity index (χ0) is 25.7. The predicted octanol–water partition coefficient (Wildman–Crippen LogP) is 11.0. The summed E-state index contributed by atoms with van der Waals surface area (Å²) in [5, 5.41) is 9.53. The molecule has 0 heterocycles. The Morgan fingerprint density at radius 3 is 1.68 bits per heavy atom. The highest BCUT2D eigenvalue weighted by Crippen LogP contribution is 2.34. The lowest BCUT2D eigenvalue weighted by atomic mass is 9.76. The Balaban J connectivity index is 3.64. The fourth-order valence-corrected chi connectivity index (χ4v) is 5.56. The molecule has 2 nitrogen and oxygen atoms in total. The van der Waals surface area contributed by atoms with Gasteiger partial charge in [0.1, 0.15) is 0 Å². The van der Waals surface area contributed by atoms with Crippen LogP contribution in [0.25, 0.3) is 0 Å². The van der Waals surface area contributed by atoms with E-state index in [0.717, 1.165) is 18.8 Å². The molecule has 0 aliphatic heterocycles. The highest BCUT2D eigenvalue weighted by Gasteiger charge is 2.33. The van der Waals surface area contributed by atoms with Crippen LogP contribution in [0.3, 0.4) is 0 Å². The molecule has 0 aromatic heterocycles. The first-order valence-electron chi connectivity index (χ1n) is 15.1. The van der Waals surface area contributed by atoms with Crippen LogP contribution < -0.4 is 0 Å². The summed E-state index contributed by atoms with van der Waals surface area (Å²) in [4.78, 5) is 11.6. The van der Waals surface area contributed by atoms with E-state index in [1.165, 1.54) is 103 Å². The van der Waals surface area contributed by atoms with Crippen LogP contribution >= 0.6 is 0 Å². The monoisotopic (exact) mass is 478 g/mol. The van der Waals surface area contributed by atoms with E-state index in [9.17, 15) is 9.90 Å². The molecule has 4 atom stereocenters. The molecule has 4 unspecified atom stereocenters. The van der Waals surface area contributed by atoms with Gasteiger partial charge in [0.25, 0.3) is 0 Å². The molecule has 34 heavy (non-hydrogen) atoms. The number of carboxylic acid groups (broad SMARTS) is 1. The lowest BCUT2D eigenvalue weighted by Gasteiger charge is -2.28. The average molecular weight is 479 g/mol. The van der Waals surface area contributed by atoms with Gasteiger partial charge in [0, 0.05) is 0 Å². The van der Waals surface area contributed by atoms with E-state index in [1.807, 2.05) is 13.8 Å². The maximum absolute atomic E-state index is 11.6. The number of hydrogen-bond donors (Lipinski definition) is 1. The number of carbonyl (C=O) groups is 1. The lowest BCUT2D eigenvalue weighted by molar-refractivity contribution is -0.149. The van der Waals surface area contributed by atoms with Crippen molar-refractivity contribution in [3.8, 4) is 0 Å². The number of unbranched alkanes of at least 4 members (excludes halogenated alkanes) is 12. The summed E-state index contributed by atoms with van der Waals surface area (Å²) >= 11 is 0. The first kappa shape index (κ1) is 33.2. The molecular formula is C32H62O2. The van der Waals surface area contributed by atoms with Crippen molar-refractivity contribution in [2.75, 3.05) is 0 Å². The SMILES string of the molecule is CCCCCCCC/C=C\CCCCCCCCC(C)CC(C)CC(C)CC(C)(CC)C(=O)O. The van der Waals surface area contributed by atoms with E-state index < -0.39 is 11.4 Å². The van der Waals surface area contributed by atoms with Gasteiger partial charge in [0.2, 0.25) is 0 Å². The second kappa shape index (κ2) is 21.5. The fraction of sp³-hybridized carbons (Fsp3) is 0.906. The van der Waals surface area contributed by atoms with Crippen LogP contribution in [0, 0.1) is 23.2 Å². The van der Waals surface area contributed by atoms with Crippen molar-refractivity contribution >= 4 is 5.97 Å². The molecule has 2 heteroatoms. The van der Waals surface area contributed by atoms with Crippen LogP contribution in [-0.2, 0) is 4.79 Å². The van der Waals surface area contributed by atoms with Crippen molar-refractivity contribution < 1.29 is 9.90 Å². The predicted molar refractivity (Wildman–Crippen MR) is 151 cm³/mol. The molecule has 1 N–H and O–H groups in total. The van der Waals surface area contributed by atoms with Crippen LogP contribution in [0.4, 0.5) is 0 Å². The number of aliphatic carboxylic acids is 1. The van der Waals surface area contributed by atoms with Gasteiger partial charge in [-0.1, -0.05) is 117 Å². The van der Waals surface area contributed by atoms with Crippen molar-refractivity contribution in [1.29, 1.82) is 0 Å². The average Bonchev–Trinajstić information content (AvgIpc) is 2.78. The maximum atomic E-state index is 11.6. The molecule has 0 spiro atoms. The van der Waals surface area contributed by atoms with E-state index in [0.29, 0.717) is 18.3 Å². The first-order valence-corrected chi connectivity index (χ1v) is 15.1. The topological polar surface area (TPSA) is 37.3 Å². The molecule has 0 saturated heterocycles. The van der Waals surface area contributed by atoms with Gasteiger partial charge in [0.15, 0.2) is 0 Å². The van der Waals surface area contributed by atoms with Gasteiger partial charge in [0.05, 0.1) is 5.41 Å². The fourth-order valence-electron chi connectivity index (χ4n) is 5.56. The summed E-state index contributed by atoms with van der Waals surface area (Å²) in [6.07, 6.45) is 29.4. The standard InChI is InChI=1S/C32H62O2/c1-7-9-10-11-12-13-14-15-16-17-18-19-20-21-22-23-24-28(3)25-29(4)26-30(5)27-32(6,8-2)31(33)34/h15-16,28-30H,7-14,17-27H2,1-6H3,(H,33,34)/b16-15-. The van der Waals surface area contributed by atoms with Crippen LogP contribution in [0.1, 0.15) is 164 Å². The van der Waals surface area contributed by atoms with Gasteiger partial charge in [-0.3, -0.25) is 4.79 Å². The van der Waals surface area contributed by atoms with Crippen molar-refractivity contribution in [1.82, 2.24) is 0 Å². The number of hydrogen-bond acceptors (Lipinski definition) is 1. The first-order chi connectivity index (χ1) is 16.2. The molecule has 0 aromatic rings. The van der Waals surface area contributed by atoms with Gasteiger partial charge in [-0.15, -0.1) is 0 Å². The Morgan fingerprint density at radius 1 is 0.706 bits per heavy atom. The van der Waals surface area contributed by atoms with Crippen LogP contribution in [-0.4, -0.2) is 11.1 Å². The van der Waals surface area contributed by atoms with E-state index in [4.69, 9.17) is 0 Å². The highest BCUT2D eigenvalue weighted by atomic mass is 16.4. The normalized spacial score (nSPS) is 16.4. The van der Waals surface area contributed by atoms with E-state index in [-0.39, 0.29) is 0 Å². The van der Waals surface area contributed by atoms with Crippen molar-refractivity contribution in [3.05, 3.63) is 12.2 Å². The van der Waals surface area contributed by atoms with Crippen LogP contribution in [0.2, 0.25) is 0 Å². The van der Waals surface area contributed by atoms with Crippen LogP contribution in [0.5, 0.6) is 0 Å². The second-order valence-corrected chi connectivity index (χ2v) is 11.9. The molecule has 0 fully saturated rings. The molecule has 0 aromatic carbocycles. The van der Waals surface area contributed by atoms with Gasteiger partial charge in [-0.05, 0) is 76.0 Å². The second-order valence-electron chi connectivity index (χ2n) is 11.9. The minimum Gasteiger partial charge on any atom is -0.481 e. The van der Waals surface area contributed by atoms with Crippen molar-refractivity contribution in [3.63, 3.8) is 0 Å². The molecule has 0 radical (unpaired) electrons. The van der Waals surface area contributed by atoms with Crippen LogP contribution in [0.15, 0.2) is 12.2 Å². The number of carboxylic acids is 1. The third kappa shape index (κ3) is 18.5. The minimum atomic E-state index is -0.636. The Labute approximate surface area is 214 Å². The summed E-state index contributed by atoms with van der Waals surface area (Å²) < 4.78 is 0. The molecule has 0 aliphatic rings. The molecule has 0 amide bonds. The van der Waals surface area contributed by atoms with Gasteiger partial charge in [-0.25, -0.2) is 0 Å². The Kier molecular flexibility index (Phi) is 21.0. The van der Waals surface area contributed by atoms with Crippen molar-refractivity contribution in [2.45, 2.75) is 164 Å². The lowest BCUT2D eigenvalue weighted by Crippen LogP contribution is -2.29. The van der Waals surface area contributed by atoms with Gasteiger partial charge >= 0.3 is 5.97 Å². The van der Waals surface area contributed by atoms with E-state index >= 15 is 0 Å². The van der Waals surface area contributed by atoms with E-state index in [1.54, 1.807) is 0 Å². The molecule has 0 saturated carbocycles. The molecule has 202 valence electrons. The maximum Gasteiger partial charge on any atom is 0.309 e. The summed E-state index contributed by atoms with van der Waals surface area (Å²) in [7, 11) is 0.